The Morgan fingerprint density at radius 3 is 2.79 bits per heavy atom. The Hall–Kier alpha value is -2.14. The summed E-state index contributed by atoms with van der Waals surface area (Å²) in [6.45, 7) is -0.914. The van der Waals surface area contributed by atoms with Crippen LogP contribution in [0.15, 0.2) is 30.5 Å². The Bertz CT molecular complexity index is 779. The minimum atomic E-state index is -0.914. The van der Waals surface area contributed by atoms with Gasteiger partial charge in [0.05, 0.1) is 6.20 Å². The van der Waals surface area contributed by atoms with Gasteiger partial charge < -0.3 is 9.84 Å². The third-order valence-corrected chi connectivity index (χ3v) is 3.18. The maximum atomic E-state index is 12.2. The van der Waals surface area contributed by atoms with Crippen molar-refractivity contribution in [3.05, 3.63) is 35.6 Å². The number of phenols is 1. The average molecular weight is 279 g/mol. The highest BCUT2D eigenvalue weighted by Crippen LogP contribution is 2.36. The first-order valence-electron chi connectivity index (χ1n) is 5.46. The molecule has 0 radical (unpaired) electrons. The molecule has 96 valence electrons. The Kier molecular flexibility index (Phi) is 2.83. The van der Waals surface area contributed by atoms with Gasteiger partial charge in [0.2, 0.25) is 6.86 Å². The zero-order valence-corrected chi connectivity index (χ0v) is 10.4. The summed E-state index contributed by atoms with van der Waals surface area (Å²) in [6.07, 6.45) is 1.54. The van der Waals surface area contributed by atoms with Crippen LogP contribution in [0.3, 0.4) is 0 Å². The second kappa shape index (κ2) is 4.51. The van der Waals surface area contributed by atoms with Gasteiger partial charge in [0.1, 0.15) is 11.5 Å². The Morgan fingerprint density at radius 1 is 1.16 bits per heavy atom. The van der Waals surface area contributed by atoms with E-state index in [1.807, 2.05) is 0 Å². The third kappa shape index (κ3) is 1.92. The zero-order valence-electron chi connectivity index (χ0n) is 9.60. The SMILES string of the molecule is Oc1cc2c(Cl)nncc2c2cc(OCF)ccc12. The summed E-state index contributed by atoms with van der Waals surface area (Å²) in [5.41, 5.74) is 0. The van der Waals surface area contributed by atoms with E-state index in [1.54, 1.807) is 24.4 Å². The largest absolute Gasteiger partial charge is 0.507 e. The van der Waals surface area contributed by atoms with Crippen LogP contribution < -0.4 is 4.74 Å². The first-order valence-corrected chi connectivity index (χ1v) is 5.84. The molecule has 0 atom stereocenters. The minimum absolute atomic E-state index is 0.0733. The molecule has 19 heavy (non-hydrogen) atoms. The highest BCUT2D eigenvalue weighted by molar-refractivity contribution is 6.35. The zero-order chi connectivity index (χ0) is 13.4. The predicted molar refractivity (Wildman–Crippen MR) is 70.3 cm³/mol. The van der Waals surface area contributed by atoms with Crippen molar-refractivity contribution in [1.29, 1.82) is 0 Å². The predicted octanol–water partition coefficient (Wildman–Crippen LogP) is 3.45. The number of rotatable bonds is 2. The lowest BCUT2D eigenvalue weighted by Crippen LogP contribution is -1.91. The van der Waals surface area contributed by atoms with Crippen LogP contribution >= 0.6 is 11.6 Å². The molecule has 3 rings (SSSR count). The van der Waals surface area contributed by atoms with Crippen molar-refractivity contribution in [3.8, 4) is 11.5 Å². The smallest absolute Gasteiger partial charge is 0.228 e. The van der Waals surface area contributed by atoms with E-state index >= 15 is 0 Å². The number of benzene rings is 2. The van der Waals surface area contributed by atoms with Crippen molar-refractivity contribution in [2.45, 2.75) is 0 Å². The van der Waals surface area contributed by atoms with Crippen LogP contribution in [-0.2, 0) is 0 Å². The van der Waals surface area contributed by atoms with Gasteiger partial charge in [-0.2, -0.15) is 5.10 Å². The van der Waals surface area contributed by atoms with E-state index in [-0.39, 0.29) is 10.9 Å². The number of halogens is 2. The van der Waals surface area contributed by atoms with Crippen LogP contribution in [0, 0.1) is 0 Å². The van der Waals surface area contributed by atoms with Gasteiger partial charge in [-0.3, -0.25) is 0 Å². The van der Waals surface area contributed by atoms with E-state index in [4.69, 9.17) is 16.3 Å². The molecule has 0 amide bonds. The van der Waals surface area contributed by atoms with Crippen LogP contribution in [0.2, 0.25) is 5.15 Å². The summed E-state index contributed by atoms with van der Waals surface area (Å²) in [4.78, 5) is 0. The number of phenolic OH excluding ortho intramolecular Hbond substituents is 1. The van der Waals surface area contributed by atoms with Gasteiger partial charge in [-0.15, -0.1) is 5.10 Å². The van der Waals surface area contributed by atoms with E-state index < -0.39 is 6.86 Å². The summed E-state index contributed by atoms with van der Waals surface area (Å²) < 4.78 is 17.0. The molecule has 0 aliphatic rings. The van der Waals surface area contributed by atoms with Crippen LogP contribution in [0.4, 0.5) is 4.39 Å². The number of fused-ring (bicyclic) bond motifs is 3. The number of aromatic nitrogens is 2. The summed E-state index contributed by atoms with van der Waals surface area (Å²) in [5, 5.41) is 20.3. The summed E-state index contributed by atoms with van der Waals surface area (Å²) in [6, 6.07) is 6.41. The number of nitrogens with zero attached hydrogens (tertiary/aromatic N) is 2. The van der Waals surface area contributed by atoms with Crippen molar-refractivity contribution >= 4 is 33.1 Å². The first kappa shape index (κ1) is 11.9. The highest BCUT2D eigenvalue weighted by atomic mass is 35.5. The molecule has 1 N–H and O–H groups in total. The third-order valence-electron chi connectivity index (χ3n) is 2.90. The van der Waals surface area contributed by atoms with Crippen LogP contribution in [-0.4, -0.2) is 22.2 Å². The molecule has 0 saturated carbocycles. The van der Waals surface area contributed by atoms with Crippen LogP contribution in [0.25, 0.3) is 21.5 Å². The molecule has 1 heterocycles. The molecule has 1 aromatic heterocycles. The maximum Gasteiger partial charge on any atom is 0.228 e. The highest BCUT2D eigenvalue weighted by Gasteiger charge is 2.10. The fourth-order valence-corrected chi connectivity index (χ4v) is 2.26. The van der Waals surface area contributed by atoms with Gasteiger partial charge in [0.25, 0.3) is 0 Å². The molecule has 4 nitrogen and oxygen atoms in total. The first-order chi connectivity index (χ1) is 9.20. The van der Waals surface area contributed by atoms with Crippen molar-refractivity contribution in [2.75, 3.05) is 6.86 Å². The molecule has 0 saturated heterocycles. The van der Waals surface area contributed by atoms with Crippen molar-refractivity contribution in [1.82, 2.24) is 10.2 Å². The number of aromatic hydroxyl groups is 1. The van der Waals surface area contributed by atoms with Crippen molar-refractivity contribution < 1.29 is 14.2 Å². The Morgan fingerprint density at radius 2 is 2.00 bits per heavy atom. The molecule has 0 fully saturated rings. The normalized spacial score (nSPS) is 11.1. The molecule has 0 aliphatic carbocycles. The summed E-state index contributed by atoms with van der Waals surface area (Å²) in [7, 11) is 0. The van der Waals surface area contributed by atoms with E-state index in [0.29, 0.717) is 21.9 Å². The summed E-state index contributed by atoms with van der Waals surface area (Å²) >= 11 is 5.95. The molecule has 0 spiro atoms. The maximum absolute atomic E-state index is 12.2. The van der Waals surface area contributed by atoms with E-state index in [0.717, 1.165) is 5.39 Å². The fourth-order valence-electron chi connectivity index (χ4n) is 2.06. The number of ether oxygens (including phenoxy) is 1. The van der Waals surface area contributed by atoms with Gasteiger partial charge in [-0.05, 0) is 29.7 Å². The number of hydrogen-bond donors (Lipinski definition) is 1. The van der Waals surface area contributed by atoms with Gasteiger partial charge in [0.15, 0.2) is 5.15 Å². The number of hydrogen-bond acceptors (Lipinski definition) is 4. The number of alkyl halides is 1. The van der Waals surface area contributed by atoms with Crippen LogP contribution in [0.5, 0.6) is 11.5 Å². The molecule has 6 heteroatoms. The van der Waals surface area contributed by atoms with E-state index in [9.17, 15) is 9.50 Å². The molecule has 2 aromatic carbocycles. The van der Waals surface area contributed by atoms with Gasteiger partial charge >= 0.3 is 0 Å². The molecule has 0 unspecified atom stereocenters. The molecule has 3 aromatic rings. The lowest BCUT2D eigenvalue weighted by Gasteiger charge is -2.08. The molecular weight excluding hydrogens is 271 g/mol. The summed E-state index contributed by atoms with van der Waals surface area (Å²) in [5.74, 6) is 0.444. The fraction of sp³-hybridized carbons (Fsp3) is 0.0769. The van der Waals surface area contributed by atoms with Gasteiger partial charge in [0, 0.05) is 16.2 Å². The van der Waals surface area contributed by atoms with Gasteiger partial charge in [-0.1, -0.05) is 11.6 Å². The topological polar surface area (TPSA) is 55.2 Å². The quantitative estimate of drug-likeness (QED) is 0.730. The monoisotopic (exact) mass is 278 g/mol. The lowest BCUT2D eigenvalue weighted by molar-refractivity contribution is 0.192. The Labute approximate surface area is 112 Å². The molecule has 0 aliphatic heterocycles. The van der Waals surface area contributed by atoms with E-state index in [2.05, 4.69) is 10.2 Å². The lowest BCUT2D eigenvalue weighted by atomic mass is 10.0. The second-order valence-corrected chi connectivity index (χ2v) is 4.31. The van der Waals surface area contributed by atoms with Crippen LogP contribution in [0.1, 0.15) is 0 Å². The van der Waals surface area contributed by atoms with Crippen molar-refractivity contribution in [2.24, 2.45) is 0 Å². The minimum Gasteiger partial charge on any atom is -0.507 e. The average Bonchev–Trinajstić information content (AvgIpc) is 2.41. The molecule has 0 bridgehead atoms. The van der Waals surface area contributed by atoms with E-state index in [1.165, 1.54) is 6.07 Å². The standard InChI is InChI=1S/C13H8ClFN2O2/c14-13-10-4-12(18)8-2-1-7(19-6-15)3-9(8)11(10)5-16-17-13/h1-5,18H,6H2. The molecular formula is C13H8ClFN2O2. The second-order valence-electron chi connectivity index (χ2n) is 3.95. The van der Waals surface area contributed by atoms with Gasteiger partial charge in [-0.25, -0.2) is 4.39 Å². The Balaban J connectivity index is 2.43. The van der Waals surface area contributed by atoms with Crippen molar-refractivity contribution in [3.63, 3.8) is 0 Å².